The van der Waals surface area contributed by atoms with Crippen molar-refractivity contribution in [3.63, 3.8) is 0 Å². The van der Waals surface area contributed by atoms with Crippen LogP contribution >= 0.6 is 0 Å². The maximum atomic E-state index is 6.06. The van der Waals surface area contributed by atoms with Gasteiger partial charge >= 0.3 is 0 Å². The van der Waals surface area contributed by atoms with Crippen LogP contribution in [-0.2, 0) is 11.2 Å². The molecule has 1 aliphatic carbocycles. The van der Waals surface area contributed by atoms with E-state index in [1.165, 1.54) is 5.56 Å². The number of hydrogen-bond donors (Lipinski definition) is 1. The SMILES string of the molecule is CCNC1CC(Oc2ccc(CC)cc2OC)C1OC. The van der Waals surface area contributed by atoms with E-state index in [0.29, 0.717) is 6.04 Å². The van der Waals surface area contributed by atoms with Crippen molar-refractivity contribution in [3.05, 3.63) is 23.8 Å². The Bertz CT molecular complexity index is 436. The van der Waals surface area contributed by atoms with E-state index in [1.54, 1.807) is 14.2 Å². The summed E-state index contributed by atoms with van der Waals surface area (Å²) in [5.74, 6) is 1.60. The Morgan fingerprint density at radius 3 is 2.60 bits per heavy atom. The maximum absolute atomic E-state index is 6.06. The summed E-state index contributed by atoms with van der Waals surface area (Å²) in [6, 6.07) is 6.50. The van der Waals surface area contributed by atoms with Crippen LogP contribution in [0, 0.1) is 0 Å². The Hall–Kier alpha value is -1.26. The lowest BCUT2D eigenvalue weighted by atomic mass is 9.85. The Balaban J connectivity index is 2.03. The molecule has 3 atom stereocenters. The van der Waals surface area contributed by atoms with Crippen LogP contribution in [0.4, 0.5) is 0 Å². The number of likely N-dealkylation sites (N-methyl/N-ethyl adjacent to an activating group) is 1. The first-order valence-corrected chi connectivity index (χ1v) is 7.33. The third-order valence-electron chi connectivity index (χ3n) is 3.90. The molecule has 0 spiro atoms. The van der Waals surface area contributed by atoms with Crippen LogP contribution in [0.1, 0.15) is 25.8 Å². The fraction of sp³-hybridized carbons (Fsp3) is 0.625. The molecule has 0 saturated heterocycles. The normalized spacial score (nSPS) is 25.1. The number of hydrogen-bond acceptors (Lipinski definition) is 4. The van der Waals surface area contributed by atoms with Crippen LogP contribution in [-0.4, -0.2) is 39.0 Å². The van der Waals surface area contributed by atoms with E-state index in [0.717, 1.165) is 30.9 Å². The van der Waals surface area contributed by atoms with Crippen molar-refractivity contribution in [3.8, 4) is 11.5 Å². The second kappa shape index (κ2) is 6.95. The lowest BCUT2D eigenvalue weighted by Gasteiger charge is -2.43. The largest absolute Gasteiger partial charge is 0.493 e. The molecule has 4 heteroatoms. The highest BCUT2D eigenvalue weighted by atomic mass is 16.6. The average molecular weight is 279 g/mol. The van der Waals surface area contributed by atoms with Gasteiger partial charge in [0.15, 0.2) is 11.5 Å². The Morgan fingerprint density at radius 1 is 1.20 bits per heavy atom. The second-order valence-corrected chi connectivity index (χ2v) is 5.10. The van der Waals surface area contributed by atoms with E-state index in [-0.39, 0.29) is 12.2 Å². The van der Waals surface area contributed by atoms with Crippen molar-refractivity contribution in [2.24, 2.45) is 0 Å². The predicted octanol–water partition coefficient (Wildman–Crippen LogP) is 2.40. The van der Waals surface area contributed by atoms with Gasteiger partial charge in [0.05, 0.1) is 7.11 Å². The summed E-state index contributed by atoms with van der Waals surface area (Å²) in [5.41, 5.74) is 1.25. The molecule has 20 heavy (non-hydrogen) atoms. The molecule has 1 N–H and O–H groups in total. The number of nitrogens with one attached hydrogen (secondary N) is 1. The van der Waals surface area contributed by atoms with E-state index in [2.05, 4.69) is 25.2 Å². The van der Waals surface area contributed by atoms with E-state index in [1.807, 2.05) is 12.1 Å². The molecule has 1 fully saturated rings. The van der Waals surface area contributed by atoms with Crippen LogP contribution in [0.2, 0.25) is 0 Å². The van der Waals surface area contributed by atoms with E-state index in [4.69, 9.17) is 14.2 Å². The lowest BCUT2D eigenvalue weighted by molar-refractivity contribution is -0.0889. The van der Waals surface area contributed by atoms with Gasteiger partial charge < -0.3 is 19.5 Å². The van der Waals surface area contributed by atoms with Gasteiger partial charge in [0.1, 0.15) is 12.2 Å². The second-order valence-electron chi connectivity index (χ2n) is 5.10. The van der Waals surface area contributed by atoms with Crippen molar-refractivity contribution in [1.82, 2.24) is 5.32 Å². The highest BCUT2D eigenvalue weighted by Crippen LogP contribution is 2.34. The molecule has 1 aromatic rings. The monoisotopic (exact) mass is 279 g/mol. The summed E-state index contributed by atoms with van der Waals surface area (Å²) < 4.78 is 17.0. The van der Waals surface area contributed by atoms with Gasteiger partial charge in [0.25, 0.3) is 0 Å². The zero-order chi connectivity index (χ0) is 14.5. The molecule has 1 aliphatic rings. The predicted molar refractivity (Wildman–Crippen MR) is 79.7 cm³/mol. The van der Waals surface area contributed by atoms with Crippen LogP contribution in [0.3, 0.4) is 0 Å². The minimum atomic E-state index is 0.0884. The Kier molecular flexibility index (Phi) is 5.26. The van der Waals surface area contributed by atoms with Crippen molar-refractivity contribution in [1.29, 1.82) is 0 Å². The molecule has 1 aromatic carbocycles. The zero-order valence-corrected chi connectivity index (χ0v) is 12.8. The average Bonchev–Trinajstić information content (AvgIpc) is 2.46. The first kappa shape index (κ1) is 15.1. The third-order valence-corrected chi connectivity index (χ3v) is 3.90. The van der Waals surface area contributed by atoms with Gasteiger partial charge in [-0.3, -0.25) is 0 Å². The first-order chi connectivity index (χ1) is 9.73. The summed E-state index contributed by atoms with van der Waals surface area (Å²) in [5, 5.41) is 3.41. The summed E-state index contributed by atoms with van der Waals surface area (Å²) in [4.78, 5) is 0. The van der Waals surface area contributed by atoms with Gasteiger partial charge in [-0.2, -0.15) is 0 Å². The molecule has 3 unspecified atom stereocenters. The quantitative estimate of drug-likeness (QED) is 0.832. The highest BCUT2D eigenvalue weighted by Gasteiger charge is 2.43. The molecule has 0 bridgehead atoms. The molecule has 1 saturated carbocycles. The van der Waals surface area contributed by atoms with Crippen molar-refractivity contribution in [2.45, 2.75) is 44.9 Å². The van der Waals surface area contributed by atoms with Gasteiger partial charge in [-0.15, -0.1) is 0 Å². The number of ether oxygens (including phenoxy) is 3. The molecule has 112 valence electrons. The van der Waals surface area contributed by atoms with Crippen LogP contribution in [0.15, 0.2) is 18.2 Å². The molecule has 4 nitrogen and oxygen atoms in total. The van der Waals surface area contributed by atoms with Crippen molar-refractivity contribution >= 4 is 0 Å². The number of aryl methyl sites for hydroxylation is 1. The highest BCUT2D eigenvalue weighted by molar-refractivity contribution is 5.43. The van der Waals surface area contributed by atoms with Crippen LogP contribution < -0.4 is 14.8 Å². The first-order valence-electron chi connectivity index (χ1n) is 7.33. The van der Waals surface area contributed by atoms with Crippen molar-refractivity contribution in [2.75, 3.05) is 20.8 Å². The van der Waals surface area contributed by atoms with Gasteiger partial charge in [0.2, 0.25) is 0 Å². The van der Waals surface area contributed by atoms with Gasteiger partial charge in [-0.05, 0) is 30.7 Å². The molecule has 0 heterocycles. The summed E-state index contributed by atoms with van der Waals surface area (Å²) >= 11 is 0. The minimum absolute atomic E-state index is 0.0884. The van der Waals surface area contributed by atoms with Gasteiger partial charge in [-0.25, -0.2) is 0 Å². The molecular formula is C16H25NO3. The fourth-order valence-electron chi connectivity index (χ4n) is 2.67. The van der Waals surface area contributed by atoms with E-state index < -0.39 is 0 Å². The molecule has 0 amide bonds. The molecular weight excluding hydrogens is 254 g/mol. The van der Waals surface area contributed by atoms with Gasteiger partial charge in [-0.1, -0.05) is 19.9 Å². The zero-order valence-electron chi connectivity index (χ0n) is 12.8. The summed E-state index contributed by atoms with van der Waals surface area (Å²) in [6.07, 6.45) is 2.14. The minimum Gasteiger partial charge on any atom is -0.493 e. The number of methoxy groups -OCH3 is 2. The smallest absolute Gasteiger partial charge is 0.161 e. The summed E-state index contributed by atoms with van der Waals surface area (Å²) in [7, 11) is 3.42. The third kappa shape index (κ3) is 3.07. The summed E-state index contributed by atoms with van der Waals surface area (Å²) in [6.45, 7) is 5.18. The molecule has 0 radical (unpaired) electrons. The van der Waals surface area contributed by atoms with Crippen LogP contribution in [0.25, 0.3) is 0 Å². The van der Waals surface area contributed by atoms with Crippen molar-refractivity contribution < 1.29 is 14.2 Å². The van der Waals surface area contributed by atoms with E-state index >= 15 is 0 Å². The topological polar surface area (TPSA) is 39.7 Å². The molecule has 0 aliphatic heterocycles. The fourth-order valence-corrected chi connectivity index (χ4v) is 2.67. The lowest BCUT2D eigenvalue weighted by Crippen LogP contribution is -2.60. The van der Waals surface area contributed by atoms with Crippen LogP contribution in [0.5, 0.6) is 11.5 Å². The number of benzene rings is 1. The maximum Gasteiger partial charge on any atom is 0.161 e. The standard InChI is InChI=1S/C16H25NO3/c1-5-11-7-8-13(14(9-11)18-3)20-15-10-12(17-6-2)16(15)19-4/h7-9,12,15-17H,5-6,10H2,1-4H3. The Morgan fingerprint density at radius 2 is 2.00 bits per heavy atom. The van der Waals surface area contributed by atoms with Gasteiger partial charge in [0, 0.05) is 19.6 Å². The Labute approximate surface area is 121 Å². The molecule has 2 rings (SSSR count). The molecule has 0 aromatic heterocycles. The van der Waals surface area contributed by atoms with E-state index in [9.17, 15) is 0 Å². The number of rotatable bonds is 7.